The Hall–Kier alpha value is -3.96. The van der Waals surface area contributed by atoms with E-state index in [1.165, 1.54) is 18.2 Å². The van der Waals surface area contributed by atoms with E-state index in [1.54, 1.807) is 30.3 Å². The molecule has 0 aliphatic carbocycles. The molecule has 0 aliphatic rings. The van der Waals surface area contributed by atoms with Crippen LogP contribution in [-0.4, -0.2) is 10.8 Å². The molecule has 1 atom stereocenters. The molecule has 33 heavy (non-hydrogen) atoms. The van der Waals surface area contributed by atoms with Crippen LogP contribution in [0.15, 0.2) is 82.8 Å². The molecule has 0 aromatic heterocycles. The number of nitro benzene ring substituents is 1. The summed E-state index contributed by atoms with van der Waals surface area (Å²) >= 11 is 3.40. The predicted molar refractivity (Wildman–Crippen MR) is 128 cm³/mol. The first-order valence-electron chi connectivity index (χ1n) is 10.0. The SMILES string of the molecule is C[C@H](NC(=O)/C(C#N)=C\c1cc(Br)ccc1OCc1ccc([N+](=O)[O-])cc1)c1ccccc1. The number of rotatable bonds is 8. The number of halogens is 1. The number of nitriles is 1. The second kappa shape index (κ2) is 11.1. The second-order valence-corrected chi connectivity index (χ2v) is 8.09. The Morgan fingerprint density at radius 3 is 2.52 bits per heavy atom. The van der Waals surface area contributed by atoms with Gasteiger partial charge >= 0.3 is 0 Å². The molecule has 0 spiro atoms. The van der Waals surface area contributed by atoms with Gasteiger partial charge in [0.1, 0.15) is 24.0 Å². The fraction of sp³-hybridized carbons (Fsp3) is 0.120. The molecule has 0 bridgehead atoms. The van der Waals surface area contributed by atoms with Crippen molar-refractivity contribution in [3.8, 4) is 11.8 Å². The molecule has 3 aromatic rings. The van der Waals surface area contributed by atoms with Crippen molar-refractivity contribution in [3.63, 3.8) is 0 Å². The van der Waals surface area contributed by atoms with Crippen molar-refractivity contribution in [3.05, 3.63) is 110 Å². The van der Waals surface area contributed by atoms with E-state index in [-0.39, 0.29) is 23.9 Å². The van der Waals surface area contributed by atoms with Gasteiger partial charge in [-0.25, -0.2) is 0 Å². The number of nitro groups is 1. The number of hydrogen-bond acceptors (Lipinski definition) is 5. The van der Waals surface area contributed by atoms with Gasteiger partial charge in [0.05, 0.1) is 11.0 Å². The summed E-state index contributed by atoms with van der Waals surface area (Å²) in [6, 6.07) is 22.5. The molecule has 1 amide bonds. The van der Waals surface area contributed by atoms with Gasteiger partial charge < -0.3 is 10.1 Å². The summed E-state index contributed by atoms with van der Waals surface area (Å²) in [6.07, 6.45) is 1.48. The lowest BCUT2D eigenvalue weighted by molar-refractivity contribution is -0.384. The molecule has 0 saturated heterocycles. The standard InChI is InChI=1S/C25H20BrN3O4/c1-17(19-5-3-2-4-6-19)28-25(30)21(15-27)13-20-14-22(26)9-12-24(20)33-16-18-7-10-23(11-8-18)29(31)32/h2-14,17H,16H2,1H3,(H,28,30)/b21-13-/t17-/m0/s1. The van der Waals surface area contributed by atoms with E-state index in [1.807, 2.05) is 43.3 Å². The molecule has 0 radical (unpaired) electrons. The molecule has 0 heterocycles. The maximum atomic E-state index is 12.7. The van der Waals surface area contributed by atoms with Crippen LogP contribution >= 0.6 is 15.9 Å². The van der Waals surface area contributed by atoms with Gasteiger partial charge in [0.2, 0.25) is 0 Å². The van der Waals surface area contributed by atoms with Gasteiger partial charge in [-0.15, -0.1) is 0 Å². The minimum Gasteiger partial charge on any atom is -0.488 e. The number of carbonyl (C=O) groups is 1. The monoisotopic (exact) mass is 505 g/mol. The third-order valence-electron chi connectivity index (χ3n) is 4.83. The van der Waals surface area contributed by atoms with Gasteiger partial charge in [-0.05, 0) is 54.5 Å². The molecule has 0 unspecified atom stereocenters. The Balaban J connectivity index is 1.78. The lowest BCUT2D eigenvalue weighted by Crippen LogP contribution is -2.27. The van der Waals surface area contributed by atoms with Gasteiger partial charge in [-0.2, -0.15) is 5.26 Å². The van der Waals surface area contributed by atoms with E-state index >= 15 is 0 Å². The molecule has 8 heteroatoms. The normalized spacial score (nSPS) is 11.8. The number of hydrogen-bond donors (Lipinski definition) is 1. The minimum absolute atomic E-state index is 0.000388. The van der Waals surface area contributed by atoms with Crippen molar-refractivity contribution in [2.45, 2.75) is 19.6 Å². The van der Waals surface area contributed by atoms with Crippen LogP contribution in [-0.2, 0) is 11.4 Å². The van der Waals surface area contributed by atoms with Gasteiger partial charge in [0.15, 0.2) is 0 Å². The summed E-state index contributed by atoms with van der Waals surface area (Å²) in [5.74, 6) is -0.0247. The van der Waals surface area contributed by atoms with Crippen LogP contribution in [0, 0.1) is 21.4 Å². The summed E-state index contributed by atoms with van der Waals surface area (Å²) < 4.78 is 6.63. The summed E-state index contributed by atoms with van der Waals surface area (Å²) in [4.78, 5) is 23.1. The summed E-state index contributed by atoms with van der Waals surface area (Å²) in [5.41, 5.74) is 2.16. The molecule has 166 valence electrons. The number of nitrogens with one attached hydrogen (secondary N) is 1. The number of non-ortho nitro benzene ring substituents is 1. The molecule has 0 saturated carbocycles. The van der Waals surface area contributed by atoms with E-state index in [9.17, 15) is 20.2 Å². The number of amides is 1. The first kappa shape index (κ1) is 23.7. The van der Waals surface area contributed by atoms with Crippen LogP contribution in [0.5, 0.6) is 5.75 Å². The van der Waals surface area contributed by atoms with Crippen molar-refractivity contribution < 1.29 is 14.5 Å². The lowest BCUT2D eigenvalue weighted by Gasteiger charge is -2.14. The highest BCUT2D eigenvalue weighted by Crippen LogP contribution is 2.27. The Kier molecular flexibility index (Phi) is 7.95. The lowest BCUT2D eigenvalue weighted by atomic mass is 10.1. The zero-order valence-electron chi connectivity index (χ0n) is 17.7. The van der Waals surface area contributed by atoms with Crippen molar-refractivity contribution in [1.29, 1.82) is 5.26 Å². The number of ether oxygens (including phenoxy) is 1. The Labute approximate surface area is 199 Å². The zero-order chi connectivity index (χ0) is 23.8. The van der Waals surface area contributed by atoms with Crippen molar-refractivity contribution in [1.82, 2.24) is 5.32 Å². The topological polar surface area (TPSA) is 105 Å². The van der Waals surface area contributed by atoms with Crippen LogP contribution in [0.2, 0.25) is 0 Å². The largest absolute Gasteiger partial charge is 0.488 e. The van der Waals surface area contributed by atoms with Crippen LogP contribution in [0.4, 0.5) is 5.69 Å². The summed E-state index contributed by atoms with van der Waals surface area (Å²) in [5, 5.41) is 23.2. The first-order chi connectivity index (χ1) is 15.9. The molecule has 3 rings (SSSR count). The fourth-order valence-electron chi connectivity index (χ4n) is 3.04. The van der Waals surface area contributed by atoms with Crippen molar-refractivity contribution in [2.75, 3.05) is 0 Å². The first-order valence-corrected chi connectivity index (χ1v) is 10.8. The van der Waals surface area contributed by atoms with Gasteiger partial charge in [0, 0.05) is 22.2 Å². The quantitative estimate of drug-likeness (QED) is 0.182. The molecular formula is C25H20BrN3O4. The van der Waals surface area contributed by atoms with Crippen LogP contribution in [0.25, 0.3) is 6.08 Å². The number of benzene rings is 3. The van der Waals surface area contributed by atoms with Crippen LogP contribution in [0.3, 0.4) is 0 Å². The molecule has 0 fully saturated rings. The van der Waals surface area contributed by atoms with E-state index in [0.717, 1.165) is 15.6 Å². The highest BCUT2D eigenvalue weighted by Gasteiger charge is 2.15. The van der Waals surface area contributed by atoms with E-state index in [2.05, 4.69) is 21.2 Å². The predicted octanol–water partition coefficient (Wildman–Crippen LogP) is 5.72. The van der Waals surface area contributed by atoms with Crippen LogP contribution < -0.4 is 10.1 Å². The molecule has 0 aliphatic heterocycles. The van der Waals surface area contributed by atoms with E-state index in [0.29, 0.717) is 11.3 Å². The summed E-state index contributed by atoms with van der Waals surface area (Å²) in [7, 11) is 0. The number of carbonyl (C=O) groups excluding carboxylic acids is 1. The van der Waals surface area contributed by atoms with E-state index < -0.39 is 10.8 Å². The second-order valence-electron chi connectivity index (χ2n) is 7.17. The Morgan fingerprint density at radius 2 is 1.88 bits per heavy atom. The highest BCUT2D eigenvalue weighted by molar-refractivity contribution is 9.10. The van der Waals surface area contributed by atoms with Gasteiger partial charge in [-0.3, -0.25) is 14.9 Å². The highest BCUT2D eigenvalue weighted by atomic mass is 79.9. The third-order valence-corrected chi connectivity index (χ3v) is 5.32. The van der Waals surface area contributed by atoms with Gasteiger partial charge in [-0.1, -0.05) is 46.3 Å². The maximum Gasteiger partial charge on any atom is 0.269 e. The molecule has 3 aromatic carbocycles. The summed E-state index contributed by atoms with van der Waals surface area (Å²) in [6.45, 7) is 2.01. The minimum atomic E-state index is -0.491. The average Bonchev–Trinajstić information content (AvgIpc) is 2.82. The zero-order valence-corrected chi connectivity index (χ0v) is 19.3. The average molecular weight is 506 g/mol. The van der Waals surface area contributed by atoms with E-state index in [4.69, 9.17) is 4.74 Å². The Morgan fingerprint density at radius 1 is 1.18 bits per heavy atom. The molecule has 1 N–H and O–H groups in total. The van der Waals surface area contributed by atoms with Crippen LogP contribution in [0.1, 0.15) is 29.7 Å². The maximum absolute atomic E-state index is 12.7. The molecule has 7 nitrogen and oxygen atoms in total. The fourth-order valence-corrected chi connectivity index (χ4v) is 3.42. The van der Waals surface area contributed by atoms with Crippen molar-refractivity contribution in [2.24, 2.45) is 0 Å². The van der Waals surface area contributed by atoms with Gasteiger partial charge in [0.25, 0.3) is 11.6 Å². The smallest absolute Gasteiger partial charge is 0.269 e. The number of nitrogens with zero attached hydrogens (tertiary/aromatic N) is 2. The Bertz CT molecular complexity index is 1220. The third kappa shape index (κ3) is 6.51. The molecular weight excluding hydrogens is 486 g/mol. The van der Waals surface area contributed by atoms with Crippen molar-refractivity contribution >= 4 is 33.6 Å².